The number of rotatable bonds is 4. The lowest BCUT2D eigenvalue weighted by atomic mass is 10.1. The van der Waals surface area contributed by atoms with Crippen LogP contribution in [0.2, 0.25) is 0 Å². The third-order valence-electron chi connectivity index (χ3n) is 6.39. The van der Waals surface area contributed by atoms with Crippen LogP contribution in [0.3, 0.4) is 0 Å². The van der Waals surface area contributed by atoms with Crippen LogP contribution in [0.15, 0.2) is 57.9 Å². The number of pyridine rings is 2. The van der Waals surface area contributed by atoms with Crippen LogP contribution in [0.1, 0.15) is 20.9 Å². The third-order valence-corrected chi connectivity index (χ3v) is 7.53. The number of carboxylic acids is 1. The number of aromatic carboxylic acids is 1. The number of aromatic nitrogens is 2. The molecule has 1 fully saturated rings. The number of piperazine rings is 1. The molecule has 0 radical (unpaired) electrons. The molecule has 6 rings (SSSR count). The highest BCUT2D eigenvalue weighted by Crippen LogP contribution is 2.35. The first-order chi connectivity index (χ1) is 17.8. The molecule has 1 N–H and O–H groups in total. The van der Waals surface area contributed by atoms with E-state index in [1.165, 1.54) is 6.26 Å². The number of amides is 1. The molecule has 1 amide bonds. The average Bonchev–Trinajstić information content (AvgIpc) is 3.56. The summed E-state index contributed by atoms with van der Waals surface area (Å²) in [4.78, 5) is 57.4. The van der Waals surface area contributed by atoms with Gasteiger partial charge in [0.15, 0.2) is 11.4 Å². The van der Waals surface area contributed by atoms with E-state index < -0.39 is 27.6 Å². The molecule has 1 aliphatic rings. The maximum Gasteiger partial charge on any atom is 0.342 e. The molecule has 0 bridgehead atoms. The van der Waals surface area contributed by atoms with Crippen molar-refractivity contribution in [1.82, 2.24) is 14.3 Å². The van der Waals surface area contributed by atoms with Crippen LogP contribution in [0.25, 0.3) is 26.1 Å². The highest BCUT2D eigenvalue weighted by Gasteiger charge is 2.31. The summed E-state index contributed by atoms with van der Waals surface area (Å²) in [6.07, 6.45) is 1.42. The zero-order valence-corrected chi connectivity index (χ0v) is 19.8. The van der Waals surface area contributed by atoms with Gasteiger partial charge in [-0.2, -0.15) is 0 Å². The largest absolute Gasteiger partial charge is 0.477 e. The van der Waals surface area contributed by atoms with Gasteiger partial charge in [-0.15, -0.1) is 11.3 Å². The second-order valence-electron chi connectivity index (χ2n) is 8.44. The van der Waals surface area contributed by atoms with Gasteiger partial charge in [-0.3, -0.25) is 24.1 Å². The molecule has 1 saturated heterocycles. The number of para-hydroxylation sites is 1. The number of furan rings is 1. The summed E-state index contributed by atoms with van der Waals surface area (Å²) in [5.41, 5.74) is -0.924. The van der Waals surface area contributed by atoms with Crippen molar-refractivity contribution in [3.05, 3.63) is 80.4 Å². The molecular formula is C24H17N5O7S. The molecule has 12 nitrogen and oxygen atoms in total. The average molecular weight is 519 g/mol. The van der Waals surface area contributed by atoms with Crippen LogP contribution in [-0.2, 0) is 0 Å². The molecule has 186 valence electrons. The van der Waals surface area contributed by atoms with Crippen LogP contribution in [0.5, 0.6) is 0 Å². The van der Waals surface area contributed by atoms with E-state index in [0.29, 0.717) is 5.52 Å². The Hall–Kier alpha value is -4.78. The van der Waals surface area contributed by atoms with E-state index in [4.69, 9.17) is 4.42 Å². The molecule has 0 atom stereocenters. The second kappa shape index (κ2) is 8.41. The van der Waals surface area contributed by atoms with E-state index in [2.05, 4.69) is 4.98 Å². The van der Waals surface area contributed by atoms with Gasteiger partial charge in [-0.05, 0) is 24.3 Å². The van der Waals surface area contributed by atoms with Gasteiger partial charge in [-0.25, -0.2) is 9.78 Å². The molecule has 0 saturated carbocycles. The Bertz CT molecular complexity index is 1800. The van der Waals surface area contributed by atoms with E-state index in [9.17, 15) is 29.6 Å². The van der Waals surface area contributed by atoms with Gasteiger partial charge in [0, 0.05) is 32.2 Å². The molecule has 5 heterocycles. The molecule has 1 aliphatic heterocycles. The van der Waals surface area contributed by atoms with Gasteiger partial charge in [-0.1, -0.05) is 12.1 Å². The number of nitrogens with zero attached hydrogens (tertiary/aromatic N) is 5. The lowest BCUT2D eigenvalue weighted by Gasteiger charge is -2.34. The molecule has 0 spiro atoms. The standard InChI is InChI=1S/C24H17N5O7S/c30-19-13-12-15(29(34)35)21(26-7-9-27(10-8-26)22(31)16-5-3-11-36-16)25-20(13)28-14-4-1-2-6-17(14)37-23(28)18(19)24(32)33/h1-6,11-12H,7-10H2,(H,32,33). The minimum Gasteiger partial charge on any atom is -0.477 e. The Morgan fingerprint density at radius 3 is 2.54 bits per heavy atom. The number of nitro groups is 1. The smallest absolute Gasteiger partial charge is 0.342 e. The van der Waals surface area contributed by atoms with Gasteiger partial charge in [0.05, 0.1) is 26.8 Å². The minimum absolute atomic E-state index is 0.0501. The predicted octanol–water partition coefficient (Wildman–Crippen LogP) is 3.22. The fraction of sp³-hybridized carbons (Fsp3) is 0.167. The summed E-state index contributed by atoms with van der Waals surface area (Å²) in [6.45, 7) is 1.10. The number of anilines is 1. The molecule has 4 aromatic heterocycles. The molecule has 37 heavy (non-hydrogen) atoms. The van der Waals surface area contributed by atoms with Gasteiger partial charge < -0.3 is 19.3 Å². The molecule has 13 heteroatoms. The zero-order chi connectivity index (χ0) is 25.8. The van der Waals surface area contributed by atoms with Gasteiger partial charge >= 0.3 is 11.7 Å². The lowest BCUT2D eigenvalue weighted by Crippen LogP contribution is -2.49. The van der Waals surface area contributed by atoms with Gasteiger partial charge in [0.1, 0.15) is 10.4 Å². The second-order valence-corrected chi connectivity index (χ2v) is 9.47. The maximum absolute atomic E-state index is 13.2. The summed E-state index contributed by atoms with van der Waals surface area (Å²) in [7, 11) is 0. The molecule has 5 aromatic rings. The van der Waals surface area contributed by atoms with Crippen LogP contribution < -0.4 is 10.3 Å². The lowest BCUT2D eigenvalue weighted by molar-refractivity contribution is -0.384. The minimum atomic E-state index is -1.42. The predicted molar refractivity (Wildman–Crippen MR) is 135 cm³/mol. The molecule has 0 unspecified atom stereocenters. The van der Waals surface area contributed by atoms with E-state index in [-0.39, 0.29) is 59.5 Å². The summed E-state index contributed by atoms with van der Waals surface area (Å²) in [5.74, 6) is -1.43. The van der Waals surface area contributed by atoms with Gasteiger partial charge in [0.2, 0.25) is 11.2 Å². The van der Waals surface area contributed by atoms with Crippen molar-refractivity contribution >= 4 is 60.8 Å². The normalized spacial score (nSPS) is 14.1. The van der Waals surface area contributed by atoms with E-state index >= 15 is 0 Å². The number of carbonyl (C=O) groups is 2. The fourth-order valence-corrected chi connectivity index (χ4v) is 5.82. The van der Waals surface area contributed by atoms with Crippen molar-refractivity contribution in [2.45, 2.75) is 0 Å². The van der Waals surface area contributed by atoms with E-state index in [1.807, 2.05) is 0 Å². The van der Waals surface area contributed by atoms with Crippen LogP contribution in [0.4, 0.5) is 11.5 Å². The fourth-order valence-electron chi connectivity index (χ4n) is 4.65. The van der Waals surface area contributed by atoms with Crippen LogP contribution in [-0.4, -0.2) is 62.4 Å². The summed E-state index contributed by atoms with van der Waals surface area (Å²) < 4.78 is 7.50. The number of carboxylic acid groups (broad SMARTS) is 1. The Morgan fingerprint density at radius 1 is 1.11 bits per heavy atom. The highest BCUT2D eigenvalue weighted by molar-refractivity contribution is 7.24. The topological polar surface area (TPSA) is 151 Å². The summed E-state index contributed by atoms with van der Waals surface area (Å²) >= 11 is 1.14. The molecular weight excluding hydrogens is 502 g/mol. The first-order valence-corrected chi connectivity index (χ1v) is 12.0. The van der Waals surface area contributed by atoms with E-state index in [0.717, 1.165) is 22.1 Å². The molecule has 1 aromatic carbocycles. The van der Waals surface area contributed by atoms with Gasteiger partial charge in [0.25, 0.3) is 5.91 Å². The summed E-state index contributed by atoms with van der Waals surface area (Å²) in [6, 6.07) is 11.5. The maximum atomic E-state index is 13.2. The van der Waals surface area contributed by atoms with Crippen molar-refractivity contribution in [3.8, 4) is 0 Å². The first-order valence-electron chi connectivity index (χ1n) is 11.2. The number of hydrogen-bond donors (Lipinski definition) is 1. The van der Waals surface area contributed by atoms with E-state index in [1.54, 1.807) is 50.6 Å². The van der Waals surface area contributed by atoms with Crippen molar-refractivity contribution in [2.24, 2.45) is 0 Å². The number of carbonyl (C=O) groups excluding carboxylic acids is 1. The zero-order valence-electron chi connectivity index (χ0n) is 19.0. The van der Waals surface area contributed by atoms with Crippen molar-refractivity contribution in [3.63, 3.8) is 0 Å². The van der Waals surface area contributed by atoms with Crippen LogP contribution >= 0.6 is 11.3 Å². The molecule has 0 aliphatic carbocycles. The van der Waals surface area contributed by atoms with Crippen molar-refractivity contribution in [1.29, 1.82) is 0 Å². The number of fused-ring (bicyclic) bond motifs is 5. The number of benzene rings is 1. The monoisotopic (exact) mass is 519 g/mol. The Balaban J connectivity index is 1.52. The number of hydrogen-bond acceptors (Lipinski definition) is 9. The Kier molecular flexibility index (Phi) is 5.15. The quantitative estimate of drug-likeness (QED) is 0.279. The Labute approximate surface area is 210 Å². The van der Waals surface area contributed by atoms with Crippen LogP contribution in [0, 0.1) is 10.1 Å². The number of thiazole rings is 1. The SMILES string of the molecule is O=C(O)c1c(=O)c2cc([N+](=O)[O-])c(N3CCN(C(=O)c4ccco4)CC3)nc2n2c1sc1ccccc12. The van der Waals surface area contributed by atoms with Crippen molar-refractivity contribution < 1.29 is 24.0 Å². The highest BCUT2D eigenvalue weighted by atomic mass is 32.1. The van der Waals surface area contributed by atoms with Crippen molar-refractivity contribution in [2.75, 3.05) is 31.1 Å². The third kappa shape index (κ3) is 3.50. The first kappa shape index (κ1) is 22.7. The Morgan fingerprint density at radius 2 is 1.86 bits per heavy atom. The summed E-state index contributed by atoms with van der Waals surface area (Å²) in [5, 5.41) is 21.7.